The van der Waals surface area contributed by atoms with Gasteiger partial charge < -0.3 is 4.74 Å². The molecule has 0 aliphatic carbocycles. The molecule has 0 fully saturated rings. The maximum Gasteiger partial charge on any atom is 0.319 e. The number of amides is 1. The number of aryl methyl sites for hydroxylation is 1. The van der Waals surface area contributed by atoms with Gasteiger partial charge in [0, 0.05) is 5.56 Å². The molecule has 0 radical (unpaired) electrons. The number of hydrogen-bond acceptors (Lipinski definition) is 7. The van der Waals surface area contributed by atoms with Gasteiger partial charge in [-0.1, -0.05) is 61.9 Å². The molecule has 8 heteroatoms. The molecule has 0 saturated heterocycles. The molecule has 28 heavy (non-hydrogen) atoms. The molecule has 0 bridgehead atoms. The number of anilines is 1. The Morgan fingerprint density at radius 3 is 2.54 bits per heavy atom. The van der Waals surface area contributed by atoms with Crippen molar-refractivity contribution in [3.8, 4) is 0 Å². The smallest absolute Gasteiger partial charge is 0.319 e. The van der Waals surface area contributed by atoms with Crippen LogP contribution in [-0.4, -0.2) is 33.9 Å². The van der Waals surface area contributed by atoms with E-state index in [1.54, 1.807) is 6.92 Å². The van der Waals surface area contributed by atoms with Gasteiger partial charge in [0.25, 0.3) is 5.91 Å². The zero-order valence-corrected chi connectivity index (χ0v) is 18.2. The number of aromatic nitrogens is 2. The predicted octanol–water partition coefficient (Wildman–Crippen LogP) is 4.96. The molecule has 1 amide bonds. The van der Waals surface area contributed by atoms with Crippen molar-refractivity contribution in [3.63, 3.8) is 0 Å². The van der Waals surface area contributed by atoms with E-state index in [9.17, 15) is 9.59 Å². The Bertz CT molecular complexity index is 762. The Labute approximate surface area is 174 Å². The maximum absolute atomic E-state index is 12.4. The molecule has 2 rings (SSSR count). The second-order valence-electron chi connectivity index (χ2n) is 6.25. The van der Waals surface area contributed by atoms with Crippen molar-refractivity contribution in [3.05, 3.63) is 35.4 Å². The lowest BCUT2D eigenvalue weighted by Crippen LogP contribution is -2.19. The quantitative estimate of drug-likeness (QED) is 0.239. The average Bonchev–Trinajstić information content (AvgIpc) is 3.14. The minimum Gasteiger partial charge on any atom is -0.465 e. The number of nitrogens with one attached hydrogen (secondary N) is 1. The van der Waals surface area contributed by atoms with Crippen LogP contribution in [0.4, 0.5) is 5.13 Å². The molecule has 0 aliphatic rings. The summed E-state index contributed by atoms with van der Waals surface area (Å²) in [5.41, 5.74) is 1.82. The van der Waals surface area contributed by atoms with Crippen LogP contribution in [0.1, 0.15) is 62.4 Å². The predicted molar refractivity (Wildman–Crippen MR) is 114 cm³/mol. The molecule has 152 valence electrons. The first-order valence-electron chi connectivity index (χ1n) is 9.64. The number of rotatable bonds is 11. The van der Waals surface area contributed by atoms with E-state index in [2.05, 4.69) is 22.4 Å². The summed E-state index contributed by atoms with van der Waals surface area (Å²) in [4.78, 5) is 24.3. The minimum absolute atomic E-state index is 0.217. The normalized spacial score (nSPS) is 11.8. The van der Waals surface area contributed by atoms with Crippen LogP contribution in [0.25, 0.3) is 0 Å². The lowest BCUT2D eigenvalue weighted by atomic mass is 10.1. The first-order valence-corrected chi connectivity index (χ1v) is 11.3. The van der Waals surface area contributed by atoms with Gasteiger partial charge >= 0.3 is 5.97 Å². The highest BCUT2D eigenvalue weighted by molar-refractivity contribution is 8.02. The van der Waals surface area contributed by atoms with Crippen LogP contribution in [-0.2, 0) is 16.0 Å². The fourth-order valence-corrected chi connectivity index (χ4v) is 4.45. The molecule has 0 saturated carbocycles. The van der Waals surface area contributed by atoms with Crippen molar-refractivity contribution in [1.82, 2.24) is 10.2 Å². The Kier molecular flexibility index (Phi) is 9.43. The van der Waals surface area contributed by atoms with Crippen LogP contribution in [0.5, 0.6) is 0 Å². The van der Waals surface area contributed by atoms with Crippen molar-refractivity contribution in [2.75, 3.05) is 11.9 Å². The first-order chi connectivity index (χ1) is 13.6. The molecule has 1 atom stereocenters. The number of benzene rings is 1. The third-order valence-corrected chi connectivity index (χ3v) is 6.34. The summed E-state index contributed by atoms with van der Waals surface area (Å²) >= 11 is 2.56. The number of thioether (sulfide) groups is 1. The number of carbonyl (C=O) groups is 2. The van der Waals surface area contributed by atoms with Crippen molar-refractivity contribution in [2.24, 2.45) is 0 Å². The van der Waals surface area contributed by atoms with Gasteiger partial charge in [0.05, 0.1) is 6.61 Å². The maximum atomic E-state index is 12.4. The highest BCUT2D eigenvalue weighted by atomic mass is 32.2. The molecular weight excluding hydrogens is 394 g/mol. The van der Waals surface area contributed by atoms with Gasteiger partial charge in [-0.2, -0.15) is 0 Å². The van der Waals surface area contributed by atoms with Crippen molar-refractivity contribution in [2.45, 2.75) is 62.5 Å². The SMILES string of the molecule is CCCCCc1ccc(C(=O)Nc2nnc(SC(CC)C(=O)OCC)s2)cc1. The zero-order valence-electron chi connectivity index (χ0n) is 16.6. The van der Waals surface area contributed by atoms with Gasteiger partial charge in [-0.05, 0) is 43.9 Å². The Balaban J connectivity index is 1.91. The summed E-state index contributed by atoms with van der Waals surface area (Å²) in [6, 6.07) is 7.66. The van der Waals surface area contributed by atoms with Crippen LogP contribution in [0.2, 0.25) is 0 Å². The standard InChI is InChI=1S/C20H27N3O3S2/c1-4-7-8-9-14-10-12-15(13-11-14)17(24)21-19-22-23-20(28-19)27-16(5-2)18(25)26-6-3/h10-13,16H,4-9H2,1-3H3,(H,21,22,24). The number of carbonyl (C=O) groups excluding carboxylic acids is 2. The molecule has 1 N–H and O–H groups in total. The van der Waals surface area contributed by atoms with Gasteiger partial charge in [0.15, 0.2) is 4.34 Å². The largest absolute Gasteiger partial charge is 0.465 e. The van der Waals surface area contributed by atoms with Crippen LogP contribution in [0, 0.1) is 0 Å². The highest BCUT2D eigenvalue weighted by Gasteiger charge is 2.21. The molecule has 1 aromatic carbocycles. The molecule has 1 unspecified atom stereocenters. The van der Waals surface area contributed by atoms with Crippen LogP contribution in [0.15, 0.2) is 28.6 Å². The van der Waals surface area contributed by atoms with E-state index in [0.717, 1.165) is 12.8 Å². The van der Waals surface area contributed by atoms with Crippen LogP contribution >= 0.6 is 23.1 Å². The van der Waals surface area contributed by atoms with Crippen LogP contribution in [0.3, 0.4) is 0 Å². The van der Waals surface area contributed by atoms with E-state index >= 15 is 0 Å². The Morgan fingerprint density at radius 2 is 1.89 bits per heavy atom. The lowest BCUT2D eigenvalue weighted by Gasteiger charge is -2.10. The summed E-state index contributed by atoms with van der Waals surface area (Å²) in [6.07, 6.45) is 5.25. The van der Waals surface area contributed by atoms with Crippen LogP contribution < -0.4 is 5.32 Å². The van der Waals surface area contributed by atoms with E-state index in [1.807, 2.05) is 31.2 Å². The monoisotopic (exact) mass is 421 g/mol. The van der Waals surface area contributed by atoms with Gasteiger partial charge in [0.1, 0.15) is 5.25 Å². The summed E-state index contributed by atoms with van der Waals surface area (Å²) < 4.78 is 5.69. The third kappa shape index (κ3) is 6.91. The second kappa shape index (κ2) is 11.8. The minimum atomic E-state index is -0.322. The van der Waals surface area contributed by atoms with Gasteiger partial charge in [-0.15, -0.1) is 10.2 Å². The molecule has 0 spiro atoms. The number of hydrogen-bond donors (Lipinski definition) is 1. The fraction of sp³-hybridized carbons (Fsp3) is 0.500. The van der Waals surface area contributed by atoms with Gasteiger partial charge in [-0.3, -0.25) is 14.9 Å². The first kappa shape index (κ1) is 22.4. The van der Waals surface area contributed by atoms with Crippen molar-refractivity contribution >= 4 is 40.1 Å². The van der Waals surface area contributed by atoms with E-state index in [-0.39, 0.29) is 17.1 Å². The Hall–Kier alpha value is -1.93. The summed E-state index contributed by atoms with van der Waals surface area (Å²) in [7, 11) is 0. The second-order valence-corrected chi connectivity index (χ2v) is 8.68. The molecule has 1 aromatic heterocycles. The van der Waals surface area contributed by atoms with E-state index in [0.29, 0.717) is 28.1 Å². The fourth-order valence-electron chi connectivity index (χ4n) is 2.53. The third-order valence-electron chi connectivity index (χ3n) is 4.08. The molecule has 6 nitrogen and oxygen atoms in total. The number of nitrogens with zero attached hydrogens (tertiary/aromatic N) is 2. The number of unbranched alkanes of at least 4 members (excludes halogenated alkanes) is 2. The summed E-state index contributed by atoms with van der Waals surface area (Å²) in [6.45, 7) is 6.24. The average molecular weight is 422 g/mol. The summed E-state index contributed by atoms with van der Waals surface area (Å²) in [5.74, 6) is -0.472. The number of esters is 1. The molecular formula is C20H27N3O3S2. The van der Waals surface area contributed by atoms with E-state index < -0.39 is 0 Å². The van der Waals surface area contributed by atoms with E-state index in [4.69, 9.17) is 4.74 Å². The van der Waals surface area contributed by atoms with Crippen molar-refractivity contribution in [1.29, 1.82) is 0 Å². The summed E-state index contributed by atoms with van der Waals surface area (Å²) in [5, 5.41) is 10.9. The topological polar surface area (TPSA) is 81.2 Å². The van der Waals surface area contributed by atoms with Gasteiger partial charge in [0.2, 0.25) is 5.13 Å². The lowest BCUT2D eigenvalue weighted by molar-refractivity contribution is -0.142. The molecule has 2 aromatic rings. The zero-order chi connectivity index (χ0) is 20.4. The molecule has 1 heterocycles. The van der Waals surface area contributed by atoms with Gasteiger partial charge in [-0.25, -0.2) is 0 Å². The number of ether oxygens (including phenoxy) is 1. The van der Waals surface area contributed by atoms with Crippen molar-refractivity contribution < 1.29 is 14.3 Å². The Morgan fingerprint density at radius 1 is 1.14 bits per heavy atom. The molecule has 0 aliphatic heterocycles. The van der Waals surface area contributed by atoms with E-state index in [1.165, 1.54) is 41.5 Å². The highest BCUT2D eigenvalue weighted by Crippen LogP contribution is 2.31.